The van der Waals surface area contributed by atoms with E-state index in [1.165, 1.54) is 6.08 Å². The Labute approximate surface area is 199 Å². The zero-order valence-corrected chi connectivity index (χ0v) is 20.6. The van der Waals surface area contributed by atoms with Gasteiger partial charge in [0.25, 0.3) is 0 Å². The smallest absolute Gasteiger partial charge is 0.144 e. The lowest BCUT2D eigenvalue weighted by molar-refractivity contribution is -0.104. The van der Waals surface area contributed by atoms with Gasteiger partial charge < -0.3 is 10.1 Å². The number of carbonyl (C=O) groups excluding carboxylic acids is 1. The molecule has 4 nitrogen and oxygen atoms in total. The molecule has 0 amide bonds. The number of allylic oxidation sites excluding steroid dienone is 5. The molecule has 2 rings (SSSR count). The molecule has 0 aromatic heterocycles. The average Bonchev–Trinajstić information content (AvgIpc) is 2.81. The number of benzene rings is 2. The van der Waals surface area contributed by atoms with Crippen molar-refractivity contribution in [3.8, 4) is 11.8 Å². The van der Waals surface area contributed by atoms with Crippen molar-refractivity contribution < 1.29 is 9.53 Å². The van der Waals surface area contributed by atoms with Crippen molar-refractivity contribution in [3.05, 3.63) is 106 Å². The van der Waals surface area contributed by atoms with Crippen LogP contribution in [0, 0.1) is 11.3 Å². The molecule has 0 unspecified atom stereocenters. The molecule has 2 aromatic carbocycles. The van der Waals surface area contributed by atoms with Crippen LogP contribution in [0.3, 0.4) is 0 Å². The van der Waals surface area contributed by atoms with Gasteiger partial charge in [0.1, 0.15) is 12.0 Å². The second-order valence-corrected chi connectivity index (χ2v) is 7.66. The Balaban J connectivity index is 0.000000389. The quantitative estimate of drug-likeness (QED) is 0.138. The summed E-state index contributed by atoms with van der Waals surface area (Å²) < 4.78 is 6.29. The van der Waals surface area contributed by atoms with Gasteiger partial charge in [0, 0.05) is 22.7 Å². The number of hydrogen-bond donors (Lipinski definition) is 1. The number of rotatable bonds is 8. The number of nitriles is 1. The highest BCUT2D eigenvalue weighted by Gasteiger charge is 2.09. The van der Waals surface area contributed by atoms with Gasteiger partial charge in [-0.3, -0.25) is 4.79 Å². The van der Waals surface area contributed by atoms with E-state index in [4.69, 9.17) is 10.00 Å². The fourth-order valence-electron chi connectivity index (χ4n) is 2.48. The highest BCUT2D eigenvalue weighted by atomic mass is 79.9. The van der Waals surface area contributed by atoms with Gasteiger partial charge in [-0.25, -0.2) is 0 Å². The number of halogens is 1. The Morgan fingerprint density at radius 2 is 1.88 bits per heavy atom. The van der Waals surface area contributed by atoms with Crippen molar-refractivity contribution in [2.24, 2.45) is 0 Å². The van der Waals surface area contributed by atoms with Gasteiger partial charge in [-0.2, -0.15) is 5.26 Å². The molecule has 0 aliphatic heterocycles. The third kappa shape index (κ3) is 9.20. The summed E-state index contributed by atoms with van der Waals surface area (Å²) in [5.41, 5.74) is 3.74. The molecule has 0 radical (unpaired) electrons. The van der Waals surface area contributed by atoms with E-state index in [1.54, 1.807) is 6.92 Å². The van der Waals surface area contributed by atoms with Crippen LogP contribution in [-0.4, -0.2) is 6.29 Å². The summed E-state index contributed by atoms with van der Waals surface area (Å²) in [4.78, 5) is 10.9. The maximum atomic E-state index is 10.9. The fraction of sp³-hybridized carbons (Fsp3) is 0.185. The molecule has 0 saturated heterocycles. The molecule has 5 heteroatoms. The van der Waals surface area contributed by atoms with E-state index in [9.17, 15) is 4.79 Å². The Morgan fingerprint density at radius 1 is 1.19 bits per heavy atom. The molecular weight excluding hydrogens is 464 g/mol. The minimum Gasteiger partial charge on any atom is -0.462 e. The number of carbonyl (C=O) groups is 1. The summed E-state index contributed by atoms with van der Waals surface area (Å²) in [5.74, 6) is 1.66. The highest BCUT2D eigenvalue weighted by Crippen LogP contribution is 2.21. The Morgan fingerprint density at radius 3 is 2.41 bits per heavy atom. The first kappa shape index (κ1) is 26.7. The predicted octanol–water partition coefficient (Wildman–Crippen LogP) is 7.33. The van der Waals surface area contributed by atoms with E-state index in [-0.39, 0.29) is 0 Å². The molecule has 0 aliphatic carbocycles. The molecule has 0 aliphatic rings. The normalized spacial score (nSPS) is 11.9. The molecule has 0 saturated carbocycles. The maximum Gasteiger partial charge on any atom is 0.144 e. The van der Waals surface area contributed by atoms with Gasteiger partial charge in [0.05, 0.1) is 23.1 Å². The molecule has 32 heavy (non-hydrogen) atoms. The lowest BCUT2D eigenvalue weighted by Gasteiger charge is -2.16. The van der Waals surface area contributed by atoms with E-state index in [1.807, 2.05) is 81.4 Å². The van der Waals surface area contributed by atoms with Crippen LogP contribution in [0.2, 0.25) is 0 Å². The molecule has 0 heterocycles. The second kappa shape index (κ2) is 14.6. The Bertz CT molecular complexity index is 1040. The zero-order valence-electron chi connectivity index (χ0n) is 19.0. The van der Waals surface area contributed by atoms with Crippen molar-refractivity contribution in [3.63, 3.8) is 0 Å². The second-order valence-electron chi connectivity index (χ2n) is 6.74. The molecule has 2 aromatic rings. The van der Waals surface area contributed by atoms with Gasteiger partial charge in [-0.15, -0.1) is 0 Å². The van der Waals surface area contributed by atoms with Crippen LogP contribution in [0.5, 0.6) is 5.75 Å². The monoisotopic (exact) mass is 492 g/mol. The fourth-order valence-corrected chi connectivity index (χ4v) is 2.88. The van der Waals surface area contributed by atoms with E-state index in [0.29, 0.717) is 17.0 Å². The molecule has 166 valence electrons. The van der Waals surface area contributed by atoms with Crippen LogP contribution in [-0.2, 0) is 4.79 Å². The SMILES string of the molecule is C/C=C(C)/C(N/C(=C\C=O)c1cccc(Br)c1)=C(/C)C#N.C=C(CC)Oc1ccccc1. The predicted molar refractivity (Wildman–Crippen MR) is 136 cm³/mol. The average molecular weight is 493 g/mol. The Hall–Kier alpha value is -3.36. The standard InChI is InChI=1S/C17H17BrN2O.C10H12O/c1-4-12(2)17(13(3)11-19)20-16(8-9-21)14-6-5-7-15(18)10-14;1-3-9(2)11-10-7-5-4-6-8-10/h4-10,20H,1-3H3;4-8H,2-3H2,1H3/b12-4+,16-8-,17-13+;. The summed E-state index contributed by atoms with van der Waals surface area (Å²) in [6, 6.07) is 19.4. The minimum atomic E-state index is 0.567. The summed E-state index contributed by atoms with van der Waals surface area (Å²) in [7, 11) is 0. The number of nitrogens with one attached hydrogen (secondary N) is 1. The molecular formula is C27H29BrN2O2. The zero-order chi connectivity index (χ0) is 23.9. The summed E-state index contributed by atoms with van der Waals surface area (Å²) in [6.07, 6.45) is 4.96. The lowest BCUT2D eigenvalue weighted by atomic mass is 10.1. The van der Waals surface area contributed by atoms with Crippen molar-refractivity contribution in [2.75, 3.05) is 0 Å². The largest absolute Gasteiger partial charge is 0.462 e. The number of para-hydroxylation sites is 1. The van der Waals surface area contributed by atoms with Gasteiger partial charge >= 0.3 is 0 Å². The van der Waals surface area contributed by atoms with Crippen molar-refractivity contribution in [2.45, 2.75) is 34.1 Å². The molecule has 0 atom stereocenters. The number of ether oxygens (including phenoxy) is 1. The van der Waals surface area contributed by atoms with Crippen LogP contribution in [0.1, 0.15) is 39.7 Å². The summed E-state index contributed by atoms with van der Waals surface area (Å²) >= 11 is 3.41. The van der Waals surface area contributed by atoms with Crippen molar-refractivity contribution >= 4 is 27.9 Å². The molecule has 0 spiro atoms. The minimum absolute atomic E-state index is 0.567. The first-order valence-electron chi connectivity index (χ1n) is 10.2. The van der Waals surface area contributed by atoms with Gasteiger partial charge in [0.2, 0.25) is 0 Å². The molecule has 1 N–H and O–H groups in total. The first-order chi connectivity index (χ1) is 15.4. The first-order valence-corrected chi connectivity index (χ1v) is 11.0. The lowest BCUT2D eigenvalue weighted by Crippen LogP contribution is -2.15. The summed E-state index contributed by atoms with van der Waals surface area (Å²) in [5, 5.41) is 12.3. The summed E-state index contributed by atoms with van der Waals surface area (Å²) in [6.45, 7) is 11.3. The van der Waals surface area contributed by atoms with Crippen LogP contribution < -0.4 is 10.1 Å². The third-order valence-electron chi connectivity index (χ3n) is 4.40. The van der Waals surface area contributed by atoms with Crippen LogP contribution in [0.4, 0.5) is 0 Å². The number of hydrogen-bond acceptors (Lipinski definition) is 4. The Kier molecular flexibility index (Phi) is 12.2. The van der Waals surface area contributed by atoms with E-state index >= 15 is 0 Å². The van der Waals surface area contributed by atoms with E-state index in [0.717, 1.165) is 39.8 Å². The molecule has 0 fully saturated rings. The van der Waals surface area contributed by atoms with Crippen molar-refractivity contribution in [1.29, 1.82) is 5.26 Å². The van der Waals surface area contributed by atoms with Crippen molar-refractivity contribution in [1.82, 2.24) is 5.32 Å². The number of aldehydes is 1. The van der Waals surface area contributed by atoms with Gasteiger partial charge in [-0.1, -0.05) is 65.8 Å². The van der Waals surface area contributed by atoms with Crippen LogP contribution in [0.25, 0.3) is 5.70 Å². The van der Waals surface area contributed by atoms with E-state index < -0.39 is 0 Å². The maximum absolute atomic E-state index is 10.9. The number of nitrogens with zero attached hydrogens (tertiary/aromatic N) is 1. The van der Waals surface area contributed by atoms with E-state index in [2.05, 4.69) is 33.9 Å². The topological polar surface area (TPSA) is 62.1 Å². The third-order valence-corrected chi connectivity index (χ3v) is 4.89. The van der Waals surface area contributed by atoms with Gasteiger partial charge in [0.15, 0.2) is 0 Å². The van der Waals surface area contributed by atoms with Gasteiger partial charge in [-0.05, 0) is 56.2 Å². The van der Waals surface area contributed by atoms with Crippen LogP contribution >= 0.6 is 15.9 Å². The highest BCUT2D eigenvalue weighted by molar-refractivity contribution is 9.10. The molecule has 0 bridgehead atoms. The van der Waals surface area contributed by atoms with Crippen LogP contribution in [0.15, 0.2) is 100 Å².